The number of nitrogen functional groups attached to an aromatic ring is 1. The predicted molar refractivity (Wildman–Crippen MR) is 98.5 cm³/mol. The first-order valence-corrected chi connectivity index (χ1v) is 12.5. The molecule has 0 spiro atoms. The number of anilines is 1. The van der Waals surface area contributed by atoms with Crippen LogP contribution in [0.25, 0.3) is 11.2 Å². The topological polar surface area (TPSA) is 170 Å². The Kier molecular flexibility index (Phi) is 7.90. The van der Waals surface area contributed by atoms with Gasteiger partial charge >= 0.3 is 16.1 Å². The highest BCUT2D eigenvalue weighted by Gasteiger charge is 2.42. The number of rotatable bonds is 11. The molecule has 0 aliphatic rings. The SMILES string of the molecule is COP(=O)(O[P+](=O)O)OP(=S)(COCCn1cnc2c(N)ncnc21)OC. The fraction of sp³-hybridized carbons (Fsp3) is 0.500. The van der Waals surface area contributed by atoms with Crippen molar-refractivity contribution in [2.45, 2.75) is 6.54 Å². The van der Waals surface area contributed by atoms with E-state index < -0.39 is 22.6 Å². The number of aromatic nitrogens is 4. The van der Waals surface area contributed by atoms with Gasteiger partial charge in [-0.1, -0.05) is 0 Å². The van der Waals surface area contributed by atoms with Crippen LogP contribution in [0.5, 0.6) is 0 Å². The largest absolute Gasteiger partial charge is 0.705 e. The first-order valence-electron chi connectivity index (χ1n) is 7.09. The lowest BCUT2D eigenvalue weighted by Crippen LogP contribution is -2.08. The van der Waals surface area contributed by atoms with Crippen LogP contribution in [0, 0.1) is 0 Å². The van der Waals surface area contributed by atoms with Crippen molar-refractivity contribution in [1.29, 1.82) is 0 Å². The van der Waals surface area contributed by atoms with Crippen molar-refractivity contribution >= 4 is 51.4 Å². The number of imidazole rings is 1. The molecule has 2 aromatic rings. The number of hydrogen-bond acceptors (Lipinski definition) is 12. The Bertz CT molecular complexity index is 910. The molecule has 0 saturated heterocycles. The molecule has 0 bridgehead atoms. The summed E-state index contributed by atoms with van der Waals surface area (Å²) in [7, 11) is -5.39. The Morgan fingerprint density at radius 3 is 2.70 bits per heavy atom. The maximum absolute atomic E-state index is 12.1. The summed E-state index contributed by atoms with van der Waals surface area (Å²) in [5, 5.41) is 0. The second-order valence-corrected chi connectivity index (χ2v) is 11.3. The van der Waals surface area contributed by atoms with Gasteiger partial charge in [-0.15, -0.1) is 4.89 Å². The molecule has 2 heterocycles. The van der Waals surface area contributed by atoms with Crippen LogP contribution in [0.4, 0.5) is 5.82 Å². The molecule has 2 aromatic heterocycles. The molecule has 0 saturated carbocycles. The molecule has 27 heavy (non-hydrogen) atoms. The van der Waals surface area contributed by atoms with E-state index in [9.17, 15) is 9.13 Å². The highest BCUT2D eigenvalue weighted by Crippen LogP contribution is 2.67. The van der Waals surface area contributed by atoms with E-state index in [1.807, 2.05) is 0 Å². The molecule has 0 radical (unpaired) electrons. The van der Waals surface area contributed by atoms with E-state index in [-0.39, 0.29) is 18.8 Å². The Balaban J connectivity index is 1.95. The quantitative estimate of drug-likeness (QED) is 0.368. The molecule has 0 amide bonds. The van der Waals surface area contributed by atoms with Crippen LogP contribution in [0.1, 0.15) is 0 Å². The lowest BCUT2D eigenvalue weighted by atomic mass is 10.5. The third-order valence-corrected chi connectivity index (χ3v) is 9.07. The van der Waals surface area contributed by atoms with E-state index in [2.05, 4.69) is 23.8 Å². The maximum Gasteiger partial charge on any atom is 0.705 e. The van der Waals surface area contributed by atoms with Crippen LogP contribution in [0.15, 0.2) is 12.7 Å². The van der Waals surface area contributed by atoms with Crippen molar-refractivity contribution in [1.82, 2.24) is 19.5 Å². The lowest BCUT2D eigenvalue weighted by molar-refractivity contribution is 0.152. The van der Waals surface area contributed by atoms with Gasteiger partial charge in [-0.3, -0.25) is 4.52 Å². The van der Waals surface area contributed by atoms with Crippen LogP contribution >= 0.6 is 22.6 Å². The van der Waals surface area contributed by atoms with Gasteiger partial charge in [0.05, 0.1) is 12.9 Å². The molecule has 0 aliphatic heterocycles. The number of phosphoric acid groups is 1. The Morgan fingerprint density at radius 2 is 2.07 bits per heavy atom. The van der Waals surface area contributed by atoms with Crippen molar-refractivity contribution < 1.29 is 36.4 Å². The summed E-state index contributed by atoms with van der Waals surface area (Å²) < 4.78 is 48.9. The van der Waals surface area contributed by atoms with Gasteiger partial charge in [0.1, 0.15) is 18.2 Å². The fourth-order valence-electron chi connectivity index (χ4n) is 1.83. The molecule has 0 fully saturated rings. The number of ether oxygens (including phenoxy) is 1. The zero-order valence-corrected chi connectivity index (χ0v) is 17.7. The summed E-state index contributed by atoms with van der Waals surface area (Å²) in [5.74, 6) is 0.264. The second kappa shape index (κ2) is 9.53. The lowest BCUT2D eigenvalue weighted by Gasteiger charge is -2.21. The summed E-state index contributed by atoms with van der Waals surface area (Å²) in [5.41, 5.74) is 6.73. The minimum Gasteiger partial charge on any atom is -0.382 e. The van der Waals surface area contributed by atoms with Gasteiger partial charge in [-0.25, -0.2) is 23.8 Å². The van der Waals surface area contributed by atoms with Crippen molar-refractivity contribution in [3.05, 3.63) is 12.7 Å². The van der Waals surface area contributed by atoms with Gasteiger partial charge in [0.15, 0.2) is 11.5 Å². The molecule has 0 aromatic carbocycles. The van der Waals surface area contributed by atoms with Gasteiger partial charge in [0.2, 0.25) is 6.49 Å². The van der Waals surface area contributed by atoms with E-state index in [0.717, 1.165) is 7.11 Å². The number of hydrogen-bond donors (Lipinski definition) is 2. The fourth-order valence-corrected chi connectivity index (χ4v) is 6.53. The molecular weight excluding hydrogens is 443 g/mol. The zero-order chi connectivity index (χ0) is 20.1. The van der Waals surface area contributed by atoms with Crippen LogP contribution in [-0.2, 0) is 49.9 Å². The van der Waals surface area contributed by atoms with Crippen LogP contribution in [0.2, 0.25) is 0 Å². The van der Waals surface area contributed by atoms with Gasteiger partial charge < -0.3 is 19.6 Å². The molecule has 3 unspecified atom stereocenters. The van der Waals surface area contributed by atoms with E-state index in [1.165, 1.54) is 19.8 Å². The van der Waals surface area contributed by atoms with E-state index >= 15 is 0 Å². The monoisotopic (exact) mass is 460 g/mol. The third kappa shape index (κ3) is 6.03. The Labute approximate surface area is 159 Å². The Hall–Kier alpha value is -0.910. The molecule has 13 nitrogen and oxygen atoms in total. The number of nitrogens with zero attached hydrogens (tertiary/aromatic N) is 4. The summed E-state index contributed by atoms with van der Waals surface area (Å²) in [6.45, 7) is -2.76. The second-order valence-electron chi connectivity index (χ2n) is 4.73. The molecule has 2 rings (SSSR count). The minimum atomic E-state index is -4.37. The first-order chi connectivity index (χ1) is 12.7. The van der Waals surface area contributed by atoms with Gasteiger partial charge in [0.25, 0.3) is 0 Å². The highest BCUT2D eigenvalue weighted by molar-refractivity contribution is 8.11. The van der Waals surface area contributed by atoms with Gasteiger partial charge in [-0.05, 0) is 16.1 Å². The summed E-state index contributed by atoms with van der Waals surface area (Å²) >= 11 is 5.15. The van der Waals surface area contributed by atoms with E-state index in [1.54, 1.807) is 4.57 Å². The molecule has 17 heteroatoms. The molecule has 0 aliphatic carbocycles. The average Bonchev–Trinajstić information content (AvgIpc) is 3.02. The van der Waals surface area contributed by atoms with Crippen LogP contribution in [-0.4, -0.2) is 51.6 Å². The third-order valence-electron chi connectivity index (χ3n) is 3.05. The smallest absolute Gasteiger partial charge is 0.382 e. The average molecular weight is 460 g/mol. The minimum absolute atomic E-state index is 0.160. The van der Waals surface area contributed by atoms with Gasteiger partial charge in [-0.2, -0.15) is 0 Å². The summed E-state index contributed by atoms with van der Waals surface area (Å²) in [6, 6.07) is 0. The standard InChI is InChI=1S/C10H16N5O8P3S/c1-19-25(27,23-26(18,20-2)22-24(16)17)7-21-4-3-15-6-14-8-9(11)12-5-13-10(8)15/h5-6H,3-4,7H2,1-2H3,(H2-,11,12,13,16,17)/p+1. The molecule has 150 valence electrons. The van der Waals surface area contributed by atoms with Crippen molar-refractivity contribution in [2.24, 2.45) is 0 Å². The van der Waals surface area contributed by atoms with Crippen LogP contribution < -0.4 is 5.73 Å². The first kappa shape index (κ1) is 22.4. The number of nitrogens with two attached hydrogens (primary N) is 1. The van der Waals surface area contributed by atoms with E-state index in [4.69, 9.17) is 36.0 Å². The van der Waals surface area contributed by atoms with Crippen molar-refractivity contribution in [3.63, 3.8) is 0 Å². The van der Waals surface area contributed by atoms with Crippen molar-refractivity contribution in [3.8, 4) is 0 Å². The van der Waals surface area contributed by atoms with E-state index in [0.29, 0.717) is 17.7 Å². The maximum atomic E-state index is 12.1. The normalized spacial score (nSPS) is 16.8. The summed E-state index contributed by atoms with van der Waals surface area (Å²) in [6.07, 6.45) is 2.61. The molecular formula is C10H17N5O8P3S+. The molecule has 3 N–H and O–H groups in total. The summed E-state index contributed by atoms with van der Waals surface area (Å²) in [4.78, 5) is 20.8. The highest BCUT2D eigenvalue weighted by atomic mass is 32.5. The predicted octanol–water partition coefficient (Wildman–Crippen LogP) is 1.78. The number of fused-ring (bicyclic) bond motifs is 1. The van der Waals surface area contributed by atoms with Crippen molar-refractivity contribution in [2.75, 3.05) is 32.9 Å². The Morgan fingerprint density at radius 1 is 1.33 bits per heavy atom. The van der Waals surface area contributed by atoms with Crippen LogP contribution in [0.3, 0.4) is 0 Å². The molecule has 3 atom stereocenters. The zero-order valence-electron chi connectivity index (χ0n) is 14.2. The van der Waals surface area contributed by atoms with Gasteiger partial charge in [0, 0.05) is 25.3 Å².